The van der Waals surface area contributed by atoms with Gasteiger partial charge in [0.05, 0.1) is 47.6 Å². The van der Waals surface area contributed by atoms with Crippen LogP contribution >= 0.6 is 0 Å². The third-order valence-electron chi connectivity index (χ3n) is 12.5. The average molecular weight is 886 g/mol. The van der Waals surface area contributed by atoms with Gasteiger partial charge in [0.2, 0.25) is 5.91 Å². The number of Topliss-reactive ketones (excluding diaryl/α,β-unsaturated/α-hetero) is 1. The molecule has 2 bridgehead atoms. The van der Waals surface area contributed by atoms with Crippen LogP contribution < -0.4 is 0 Å². The first-order valence-corrected chi connectivity index (χ1v) is 21.4. The first kappa shape index (κ1) is 49.5. The van der Waals surface area contributed by atoms with Crippen molar-refractivity contribution in [3.8, 4) is 11.3 Å². The van der Waals surface area contributed by atoms with Crippen LogP contribution in [0.4, 0.5) is 5.69 Å². The summed E-state index contributed by atoms with van der Waals surface area (Å²) >= 11 is 0. The smallest absolute Gasteiger partial charge is 0.316 e. The highest BCUT2D eigenvalue weighted by atomic mass is 16.7. The van der Waals surface area contributed by atoms with Crippen LogP contribution in [0.15, 0.2) is 45.0 Å². The van der Waals surface area contributed by atoms with Crippen molar-refractivity contribution in [3.63, 3.8) is 0 Å². The Bertz CT molecular complexity index is 2020. The summed E-state index contributed by atoms with van der Waals surface area (Å²) < 4.78 is 37.8. The summed E-state index contributed by atoms with van der Waals surface area (Å²) in [6, 6.07) is 7.23. The number of ether oxygens (including phenoxy) is 5. The van der Waals surface area contributed by atoms with Gasteiger partial charge in [-0.15, -0.1) is 0 Å². The molecule has 3 fully saturated rings. The van der Waals surface area contributed by atoms with Gasteiger partial charge in [0.15, 0.2) is 24.4 Å². The van der Waals surface area contributed by atoms with E-state index in [1.54, 1.807) is 45.9 Å². The van der Waals surface area contributed by atoms with Crippen molar-refractivity contribution in [3.05, 3.63) is 46.2 Å². The van der Waals surface area contributed by atoms with E-state index >= 15 is 0 Å². The zero-order valence-corrected chi connectivity index (χ0v) is 38.0. The molecule has 0 aliphatic carbocycles. The monoisotopic (exact) mass is 885 g/mol. The average Bonchev–Trinajstić information content (AvgIpc) is 3.70. The van der Waals surface area contributed by atoms with Gasteiger partial charge in [-0.05, 0) is 73.0 Å². The number of fused-ring (bicyclic) bond motifs is 5. The number of nitrogens with zero attached hydrogens (tertiary/aromatic N) is 5. The highest BCUT2D eigenvalue weighted by molar-refractivity contribution is 6.00. The standard InChI is InChI=1S/C44H63N5O14/c1-12-35-44(9,54)40-25(4)36(45-28(7)50)23(2)19-43(8,39(26(5)37(51)27(6)41(53)61-35)62-42-38(52)34(48(10)11)17-24(3)60-42)58-21-29(20-57-40)46-59-22-30-18-32(47-63-30)31-15-13-14-16-33(31)49(55)56/h13-16,18,23-27,34-35,38-40,42,52,54H,12,17,19-22H2,1-11H3/b45-36?,46-29-/t23-,24-,25+,26+,27-,34+,35-,38-,39-,40?,42+,43-,44-/m1/s1. The molecule has 3 aliphatic rings. The molecule has 2 N–H and O–H groups in total. The van der Waals surface area contributed by atoms with E-state index in [1.165, 1.54) is 32.9 Å². The van der Waals surface area contributed by atoms with Crippen LogP contribution in [0, 0.1) is 33.8 Å². The first-order valence-electron chi connectivity index (χ1n) is 21.4. The van der Waals surface area contributed by atoms with E-state index < -0.39 is 88.2 Å². The highest BCUT2D eigenvalue weighted by Gasteiger charge is 2.53. The number of rotatable bonds is 9. The molecule has 0 spiro atoms. The Labute approximate surface area is 367 Å². The number of ketones is 1. The topological polar surface area (TPSA) is 244 Å². The number of aliphatic hydroxyl groups excluding tert-OH is 1. The zero-order valence-electron chi connectivity index (χ0n) is 38.0. The summed E-state index contributed by atoms with van der Waals surface area (Å²) in [6.07, 6.45) is -5.58. The number of oxime groups is 1. The number of cyclic esters (lactones) is 1. The molecule has 13 atom stereocenters. The Balaban J connectivity index is 1.63. The first-order chi connectivity index (χ1) is 29.6. The van der Waals surface area contributed by atoms with Crippen LogP contribution in [0.1, 0.15) is 87.3 Å². The maximum atomic E-state index is 14.5. The molecule has 5 rings (SSSR count). The third kappa shape index (κ3) is 11.2. The minimum absolute atomic E-state index is 0.0761. The van der Waals surface area contributed by atoms with Gasteiger partial charge < -0.3 is 48.2 Å². The zero-order chi connectivity index (χ0) is 46.6. The molecule has 19 heteroatoms. The van der Waals surface area contributed by atoms with Crippen molar-refractivity contribution in [2.75, 3.05) is 27.3 Å². The quantitative estimate of drug-likeness (QED) is 0.150. The number of amides is 1. The van der Waals surface area contributed by atoms with Crippen molar-refractivity contribution >= 4 is 34.8 Å². The van der Waals surface area contributed by atoms with Gasteiger partial charge in [0.25, 0.3) is 5.69 Å². The number of nitro groups is 1. The molecule has 1 aromatic heterocycles. The van der Waals surface area contributed by atoms with E-state index in [4.69, 9.17) is 33.0 Å². The number of hydrogen-bond donors (Lipinski definition) is 2. The van der Waals surface area contributed by atoms with Crippen LogP contribution in [0.5, 0.6) is 0 Å². The number of aliphatic hydroxyl groups is 2. The van der Waals surface area contributed by atoms with E-state index in [9.17, 15) is 34.7 Å². The van der Waals surface area contributed by atoms with Crippen molar-refractivity contribution in [1.82, 2.24) is 10.1 Å². The fraction of sp³-hybridized carbons (Fsp3) is 0.682. The molecule has 0 radical (unpaired) electrons. The molecular weight excluding hydrogens is 823 g/mol. The molecule has 3 saturated heterocycles. The minimum atomic E-state index is -1.92. The minimum Gasteiger partial charge on any atom is -0.459 e. The Hall–Kier alpha value is -4.50. The predicted molar refractivity (Wildman–Crippen MR) is 227 cm³/mol. The summed E-state index contributed by atoms with van der Waals surface area (Å²) in [5, 5.41) is 44.1. The van der Waals surface area contributed by atoms with Gasteiger partial charge in [-0.1, -0.05) is 50.1 Å². The number of nitro benzene ring substituents is 1. The van der Waals surface area contributed by atoms with Crippen molar-refractivity contribution in [2.45, 2.75) is 142 Å². The lowest BCUT2D eigenvalue weighted by molar-refractivity contribution is -0.384. The second kappa shape index (κ2) is 20.6. The lowest BCUT2D eigenvalue weighted by atomic mass is 9.73. The summed E-state index contributed by atoms with van der Waals surface area (Å²) in [7, 11) is 3.68. The predicted octanol–water partition coefficient (Wildman–Crippen LogP) is 4.69. The number of aromatic nitrogens is 1. The fourth-order valence-electron chi connectivity index (χ4n) is 9.15. The number of likely N-dealkylation sites (N-methyl/N-ethyl adjacent to an activating group) is 1. The van der Waals surface area contributed by atoms with E-state index in [0.717, 1.165) is 0 Å². The SMILES string of the molecule is CC[C@H]1OC(=O)[C@H](C)C(=O)[C@H](C)[C@@H](O[C@@H]2O[C@H](C)C[C@H](N(C)C)[C@H]2O)[C@@]2(C)C[C@@H](C)C(=NC(C)=O)[C@H](C)C(OC/C(=N/OCc3cc(-c4ccccc4[N+](=O)[O-])no3)CO2)[C@]1(C)O. The molecule has 2 aromatic rings. The molecule has 1 aromatic carbocycles. The van der Waals surface area contributed by atoms with Crippen LogP contribution in [0.25, 0.3) is 11.3 Å². The number of esters is 1. The molecule has 3 aliphatic heterocycles. The fourth-order valence-corrected chi connectivity index (χ4v) is 9.15. The van der Waals surface area contributed by atoms with Crippen molar-refractivity contribution in [1.29, 1.82) is 0 Å². The van der Waals surface area contributed by atoms with Crippen LogP contribution in [0.3, 0.4) is 0 Å². The number of aliphatic imine (C=N–C) groups is 1. The normalized spacial score (nSPS) is 36.3. The molecule has 348 valence electrons. The van der Waals surface area contributed by atoms with Crippen LogP contribution in [-0.2, 0) is 49.5 Å². The lowest BCUT2D eigenvalue weighted by Crippen LogP contribution is -2.60. The Morgan fingerprint density at radius 1 is 1.10 bits per heavy atom. The lowest BCUT2D eigenvalue weighted by Gasteiger charge is -2.47. The molecule has 0 saturated carbocycles. The van der Waals surface area contributed by atoms with Crippen LogP contribution in [0.2, 0.25) is 0 Å². The third-order valence-corrected chi connectivity index (χ3v) is 12.5. The number of benzene rings is 1. The van der Waals surface area contributed by atoms with Crippen molar-refractivity contribution < 1.29 is 62.6 Å². The Kier molecular flexibility index (Phi) is 16.2. The largest absolute Gasteiger partial charge is 0.459 e. The van der Waals surface area contributed by atoms with Crippen molar-refractivity contribution in [2.24, 2.45) is 33.8 Å². The van der Waals surface area contributed by atoms with Gasteiger partial charge in [-0.2, -0.15) is 0 Å². The molecule has 19 nitrogen and oxygen atoms in total. The molecule has 1 unspecified atom stereocenters. The second-order valence-electron chi connectivity index (χ2n) is 17.8. The maximum Gasteiger partial charge on any atom is 0.316 e. The van der Waals surface area contributed by atoms with E-state index in [0.29, 0.717) is 12.1 Å². The number of carbonyl (C=O) groups excluding carboxylic acids is 3. The van der Waals surface area contributed by atoms with E-state index in [-0.39, 0.29) is 73.2 Å². The molecular formula is C44H63N5O14. The van der Waals surface area contributed by atoms with Gasteiger partial charge in [0.1, 0.15) is 35.1 Å². The molecule has 1 amide bonds. The summed E-state index contributed by atoms with van der Waals surface area (Å²) in [6.45, 7) is 13.9. The summed E-state index contributed by atoms with van der Waals surface area (Å²) in [5.41, 5.74) is -2.55. The number of carbonyl (C=O) groups is 3. The van der Waals surface area contributed by atoms with Crippen LogP contribution in [-0.4, -0.2) is 136 Å². The summed E-state index contributed by atoms with van der Waals surface area (Å²) in [4.78, 5) is 64.5. The Morgan fingerprint density at radius 3 is 2.44 bits per heavy atom. The Morgan fingerprint density at radius 2 is 1.79 bits per heavy atom. The van der Waals surface area contributed by atoms with E-state index in [1.807, 2.05) is 32.8 Å². The highest BCUT2D eigenvalue weighted by Crippen LogP contribution is 2.40. The number of hydrogen-bond acceptors (Lipinski definition) is 17. The molecule has 63 heavy (non-hydrogen) atoms. The van der Waals surface area contributed by atoms with Gasteiger partial charge in [-0.3, -0.25) is 24.5 Å². The van der Waals surface area contributed by atoms with Gasteiger partial charge in [-0.25, -0.2) is 4.99 Å². The summed E-state index contributed by atoms with van der Waals surface area (Å²) in [5.74, 6) is -5.47. The van der Waals surface area contributed by atoms with E-state index in [2.05, 4.69) is 15.3 Å². The van der Waals surface area contributed by atoms with Gasteiger partial charge >= 0.3 is 5.97 Å². The second-order valence-corrected chi connectivity index (χ2v) is 17.8. The molecule has 4 heterocycles. The maximum absolute atomic E-state index is 14.5. The van der Waals surface area contributed by atoms with Gasteiger partial charge in [0, 0.05) is 42.6 Å². The number of para-hydroxylation sites is 1.